The molecule has 2 aliphatic rings. The summed E-state index contributed by atoms with van der Waals surface area (Å²) in [6, 6.07) is 10.0. The third kappa shape index (κ3) is 4.09. The van der Waals surface area contributed by atoms with Crippen molar-refractivity contribution in [3.05, 3.63) is 35.9 Å². The minimum Gasteiger partial charge on any atom is -0.434 e. The van der Waals surface area contributed by atoms with Gasteiger partial charge in [0.05, 0.1) is 12.6 Å². The second-order valence-corrected chi connectivity index (χ2v) is 6.38. The maximum Gasteiger partial charge on any atom is 0.304 e. The van der Waals surface area contributed by atoms with Crippen LogP contribution in [0.2, 0.25) is 0 Å². The summed E-state index contributed by atoms with van der Waals surface area (Å²) in [7, 11) is 0. The van der Waals surface area contributed by atoms with Crippen molar-refractivity contribution in [2.24, 2.45) is 0 Å². The van der Waals surface area contributed by atoms with Crippen molar-refractivity contribution < 1.29 is 23.8 Å². The zero-order chi connectivity index (χ0) is 16.4. The first-order valence-corrected chi connectivity index (χ1v) is 7.89. The predicted octanol–water partition coefficient (Wildman–Crippen LogP) is 2.23. The Morgan fingerprint density at radius 1 is 1.35 bits per heavy atom. The van der Waals surface area contributed by atoms with Gasteiger partial charge in [-0.1, -0.05) is 30.3 Å². The minimum absolute atomic E-state index is 0.0265. The van der Waals surface area contributed by atoms with Crippen LogP contribution in [0.1, 0.15) is 32.8 Å². The first kappa shape index (κ1) is 16.4. The van der Waals surface area contributed by atoms with Crippen molar-refractivity contribution >= 4 is 5.97 Å². The molecule has 0 N–H and O–H groups in total. The second kappa shape index (κ2) is 6.57. The van der Waals surface area contributed by atoms with Crippen LogP contribution < -0.4 is 0 Å². The van der Waals surface area contributed by atoms with Gasteiger partial charge in [0.15, 0.2) is 5.79 Å². The number of carbonyl (C=O) groups excluding carboxylic acids is 1. The highest BCUT2D eigenvalue weighted by molar-refractivity contribution is 5.66. The summed E-state index contributed by atoms with van der Waals surface area (Å²) in [6.07, 6.45) is -0.126. The van der Waals surface area contributed by atoms with Crippen molar-refractivity contribution in [2.45, 2.75) is 58.0 Å². The van der Waals surface area contributed by atoms with Crippen LogP contribution in [0.15, 0.2) is 30.3 Å². The molecule has 0 spiro atoms. The number of nitrogens with zero attached hydrogens (tertiary/aromatic N) is 1. The van der Waals surface area contributed by atoms with Gasteiger partial charge in [0.25, 0.3) is 0 Å². The lowest BCUT2D eigenvalue weighted by atomic mass is 10.1. The van der Waals surface area contributed by atoms with E-state index in [9.17, 15) is 4.79 Å². The first-order chi connectivity index (χ1) is 10.9. The van der Waals surface area contributed by atoms with E-state index in [2.05, 4.69) is 0 Å². The standard InChI is InChI=1S/C17H23NO5/c1-12(19)21-16-9-14(15-11-20-17(2,3)22-15)18(23-16)10-13-7-5-4-6-8-13/h4-8,14-16H,9-11H2,1-3H3/t14-,15-,16+/m1/s1. The van der Waals surface area contributed by atoms with Gasteiger partial charge in [-0.25, -0.2) is 0 Å². The number of hydrogen-bond acceptors (Lipinski definition) is 6. The molecule has 2 aliphatic heterocycles. The zero-order valence-electron chi connectivity index (χ0n) is 13.7. The number of hydroxylamine groups is 2. The molecule has 6 nitrogen and oxygen atoms in total. The summed E-state index contributed by atoms with van der Waals surface area (Å²) in [6.45, 7) is 6.28. The molecule has 2 saturated heterocycles. The SMILES string of the molecule is CC(=O)O[C@@H]1C[C@H]([C@H]2COC(C)(C)O2)N(Cc2ccccc2)O1. The number of rotatable bonds is 4. The van der Waals surface area contributed by atoms with E-state index in [-0.39, 0.29) is 18.1 Å². The van der Waals surface area contributed by atoms with Crippen molar-refractivity contribution in [3.8, 4) is 0 Å². The molecule has 6 heteroatoms. The zero-order valence-corrected chi connectivity index (χ0v) is 13.7. The van der Waals surface area contributed by atoms with E-state index < -0.39 is 12.1 Å². The molecule has 126 valence electrons. The molecule has 1 aromatic carbocycles. The Morgan fingerprint density at radius 2 is 2.09 bits per heavy atom. The highest BCUT2D eigenvalue weighted by atomic mass is 16.8. The smallest absolute Gasteiger partial charge is 0.304 e. The Kier molecular flexibility index (Phi) is 4.68. The van der Waals surface area contributed by atoms with Gasteiger partial charge >= 0.3 is 5.97 Å². The largest absolute Gasteiger partial charge is 0.434 e. The molecular formula is C17H23NO5. The Balaban J connectivity index is 1.72. The molecule has 2 heterocycles. The maximum atomic E-state index is 11.2. The Bertz CT molecular complexity index is 547. The van der Waals surface area contributed by atoms with Crippen LogP contribution in [0.3, 0.4) is 0 Å². The Morgan fingerprint density at radius 3 is 2.70 bits per heavy atom. The molecule has 0 aromatic heterocycles. The van der Waals surface area contributed by atoms with Crippen LogP contribution in [0, 0.1) is 0 Å². The van der Waals surface area contributed by atoms with Gasteiger partial charge in [0.2, 0.25) is 6.29 Å². The summed E-state index contributed by atoms with van der Waals surface area (Å²) in [5, 5.41) is 1.85. The van der Waals surface area contributed by atoms with Crippen LogP contribution in [-0.4, -0.2) is 41.9 Å². The molecule has 0 radical (unpaired) electrons. The maximum absolute atomic E-state index is 11.2. The predicted molar refractivity (Wildman–Crippen MR) is 81.9 cm³/mol. The van der Waals surface area contributed by atoms with E-state index >= 15 is 0 Å². The van der Waals surface area contributed by atoms with E-state index in [1.807, 2.05) is 49.2 Å². The van der Waals surface area contributed by atoms with Crippen LogP contribution in [-0.2, 0) is 30.4 Å². The fourth-order valence-electron chi connectivity index (χ4n) is 3.00. The molecule has 0 amide bonds. The Labute approximate surface area is 136 Å². The normalized spacial score (nSPS) is 30.5. The molecular weight excluding hydrogens is 298 g/mol. The van der Waals surface area contributed by atoms with Crippen molar-refractivity contribution in [2.75, 3.05) is 6.61 Å². The van der Waals surface area contributed by atoms with Gasteiger partial charge in [0, 0.05) is 19.9 Å². The topological polar surface area (TPSA) is 57.2 Å². The van der Waals surface area contributed by atoms with Crippen LogP contribution >= 0.6 is 0 Å². The summed E-state index contributed by atoms with van der Waals surface area (Å²) >= 11 is 0. The third-order valence-electron chi connectivity index (χ3n) is 4.00. The fourth-order valence-corrected chi connectivity index (χ4v) is 3.00. The van der Waals surface area contributed by atoms with Gasteiger partial charge in [-0.3, -0.25) is 9.63 Å². The lowest BCUT2D eigenvalue weighted by Crippen LogP contribution is -2.40. The van der Waals surface area contributed by atoms with E-state index in [1.165, 1.54) is 6.92 Å². The lowest BCUT2D eigenvalue weighted by molar-refractivity contribution is -0.246. The van der Waals surface area contributed by atoms with Gasteiger partial charge in [-0.05, 0) is 19.4 Å². The van der Waals surface area contributed by atoms with E-state index in [0.717, 1.165) is 5.56 Å². The third-order valence-corrected chi connectivity index (χ3v) is 4.00. The molecule has 0 bridgehead atoms. The van der Waals surface area contributed by atoms with Crippen molar-refractivity contribution in [1.29, 1.82) is 0 Å². The number of ether oxygens (including phenoxy) is 3. The molecule has 0 saturated carbocycles. The van der Waals surface area contributed by atoms with Gasteiger partial charge in [0.1, 0.15) is 6.10 Å². The quantitative estimate of drug-likeness (QED) is 0.793. The molecule has 23 heavy (non-hydrogen) atoms. The van der Waals surface area contributed by atoms with Crippen LogP contribution in [0.25, 0.3) is 0 Å². The second-order valence-electron chi connectivity index (χ2n) is 6.38. The molecule has 2 fully saturated rings. The van der Waals surface area contributed by atoms with Crippen molar-refractivity contribution in [1.82, 2.24) is 5.06 Å². The molecule has 1 aromatic rings. The van der Waals surface area contributed by atoms with Crippen molar-refractivity contribution in [3.63, 3.8) is 0 Å². The number of esters is 1. The Hall–Kier alpha value is -1.47. The number of hydrogen-bond donors (Lipinski definition) is 0. The first-order valence-electron chi connectivity index (χ1n) is 7.89. The highest BCUT2D eigenvalue weighted by Gasteiger charge is 2.46. The van der Waals surface area contributed by atoms with Crippen LogP contribution in [0.5, 0.6) is 0 Å². The number of benzene rings is 1. The van der Waals surface area contributed by atoms with Crippen LogP contribution in [0.4, 0.5) is 0 Å². The average Bonchev–Trinajstić information content (AvgIpc) is 3.02. The number of carbonyl (C=O) groups is 1. The minimum atomic E-state index is -0.595. The molecule has 3 atom stereocenters. The molecule has 0 aliphatic carbocycles. The fraction of sp³-hybridized carbons (Fsp3) is 0.588. The summed E-state index contributed by atoms with van der Waals surface area (Å²) < 4.78 is 16.9. The van der Waals surface area contributed by atoms with E-state index in [1.54, 1.807) is 0 Å². The summed E-state index contributed by atoms with van der Waals surface area (Å²) in [4.78, 5) is 17.0. The lowest BCUT2D eigenvalue weighted by Gasteiger charge is -2.26. The average molecular weight is 321 g/mol. The highest BCUT2D eigenvalue weighted by Crippen LogP contribution is 2.33. The van der Waals surface area contributed by atoms with Gasteiger partial charge in [-0.15, -0.1) is 0 Å². The van der Waals surface area contributed by atoms with Gasteiger partial charge < -0.3 is 14.2 Å². The van der Waals surface area contributed by atoms with E-state index in [0.29, 0.717) is 19.6 Å². The monoisotopic (exact) mass is 321 g/mol. The molecule has 3 rings (SSSR count). The molecule has 0 unspecified atom stereocenters. The van der Waals surface area contributed by atoms with Gasteiger partial charge in [-0.2, -0.15) is 5.06 Å². The van der Waals surface area contributed by atoms with E-state index in [4.69, 9.17) is 19.0 Å². The summed E-state index contributed by atoms with van der Waals surface area (Å²) in [5.41, 5.74) is 1.12. The summed E-state index contributed by atoms with van der Waals surface area (Å²) in [5.74, 6) is -0.943.